The van der Waals surface area contributed by atoms with Crippen LogP contribution in [0.1, 0.15) is 32.3 Å². The first-order valence-corrected chi connectivity index (χ1v) is 6.87. The quantitative estimate of drug-likeness (QED) is 0.871. The van der Waals surface area contributed by atoms with Gasteiger partial charge in [-0.1, -0.05) is 6.07 Å². The summed E-state index contributed by atoms with van der Waals surface area (Å²) in [6.07, 6.45) is -0.400. The SMILES string of the molecule is CC(C)N(CC(F)(F)F)c1ncccc1CNC1CC1. The molecule has 1 N–H and O–H groups in total. The largest absolute Gasteiger partial charge is 0.405 e. The van der Waals surface area contributed by atoms with E-state index in [0.717, 1.165) is 18.4 Å². The Bertz CT molecular complexity index is 442. The second-order valence-corrected chi connectivity index (χ2v) is 5.48. The minimum absolute atomic E-state index is 0.258. The summed E-state index contributed by atoms with van der Waals surface area (Å²) in [5.74, 6) is 0.424. The maximum atomic E-state index is 12.7. The smallest absolute Gasteiger partial charge is 0.345 e. The Labute approximate surface area is 117 Å². The zero-order chi connectivity index (χ0) is 14.8. The van der Waals surface area contributed by atoms with Gasteiger partial charge in [0, 0.05) is 30.4 Å². The molecule has 112 valence electrons. The third kappa shape index (κ3) is 4.37. The van der Waals surface area contributed by atoms with Gasteiger partial charge in [0.05, 0.1) is 0 Å². The van der Waals surface area contributed by atoms with Gasteiger partial charge in [-0.25, -0.2) is 4.98 Å². The van der Waals surface area contributed by atoms with Crippen LogP contribution in [0.25, 0.3) is 0 Å². The van der Waals surface area contributed by atoms with E-state index in [0.29, 0.717) is 18.4 Å². The molecule has 1 fully saturated rings. The molecule has 0 unspecified atom stereocenters. The molecule has 0 aliphatic heterocycles. The minimum atomic E-state index is -4.23. The van der Waals surface area contributed by atoms with E-state index in [2.05, 4.69) is 10.3 Å². The van der Waals surface area contributed by atoms with Crippen LogP contribution in [-0.4, -0.2) is 29.8 Å². The minimum Gasteiger partial charge on any atom is -0.345 e. The normalized spacial score (nSPS) is 15.7. The van der Waals surface area contributed by atoms with Gasteiger partial charge in [-0.3, -0.25) is 0 Å². The number of hydrogen-bond donors (Lipinski definition) is 1. The molecule has 0 aromatic carbocycles. The van der Waals surface area contributed by atoms with E-state index in [1.807, 2.05) is 6.07 Å². The van der Waals surface area contributed by atoms with Crippen molar-refractivity contribution in [3.63, 3.8) is 0 Å². The van der Waals surface area contributed by atoms with Crippen LogP contribution in [0, 0.1) is 0 Å². The van der Waals surface area contributed by atoms with Crippen LogP contribution >= 0.6 is 0 Å². The summed E-state index contributed by atoms with van der Waals surface area (Å²) >= 11 is 0. The molecule has 3 nitrogen and oxygen atoms in total. The Morgan fingerprint density at radius 3 is 2.65 bits per heavy atom. The Hall–Kier alpha value is -1.30. The first-order valence-electron chi connectivity index (χ1n) is 6.87. The lowest BCUT2D eigenvalue weighted by atomic mass is 10.2. The molecule has 0 amide bonds. The van der Waals surface area contributed by atoms with Crippen LogP contribution in [-0.2, 0) is 6.54 Å². The molecule has 0 radical (unpaired) electrons. The zero-order valence-electron chi connectivity index (χ0n) is 11.7. The van der Waals surface area contributed by atoms with Crippen molar-refractivity contribution in [1.82, 2.24) is 10.3 Å². The molecule has 0 atom stereocenters. The Morgan fingerprint density at radius 2 is 2.10 bits per heavy atom. The summed E-state index contributed by atoms with van der Waals surface area (Å²) < 4.78 is 38.2. The number of nitrogens with zero attached hydrogens (tertiary/aromatic N) is 2. The fraction of sp³-hybridized carbons (Fsp3) is 0.643. The first-order chi connectivity index (χ1) is 9.37. The van der Waals surface area contributed by atoms with E-state index in [1.54, 1.807) is 26.1 Å². The fourth-order valence-electron chi connectivity index (χ4n) is 2.06. The Kier molecular flexibility index (Phi) is 4.52. The van der Waals surface area contributed by atoms with E-state index >= 15 is 0 Å². The van der Waals surface area contributed by atoms with Gasteiger partial charge in [-0.05, 0) is 32.8 Å². The van der Waals surface area contributed by atoms with Crippen molar-refractivity contribution >= 4 is 5.82 Å². The van der Waals surface area contributed by atoms with Crippen molar-refractivity contribution in [3.8, 4) is 0 Å². The highest BCUT2D eigenvalue weighted by Crippen LogP contribution is 2.26. The van der Waals surface area contributed by atoms with Crippen molar-refractivity contribution in [2.45, 2.75) is 51.5 Å². The van der Waals surface area contributed by atoms with Crippen LogP contribution in [0.5, 0.6) is 0 Å². The molecule has 0 bridgehead atoms. The molecular weight excluding hydrogens is 267 g/mol. The topological polar surface area (TPSA) is 28.2 Å². The predicted molar refractivity (Wildman–Crippen MR) is 72.6 cm³/mol. The fourth-order valence-corrected chi connectivity index (χ4v) is 2.06. The molecule has 1 aliphatic carbocycles. The number of aromatic nitrogens is 1. The molecule has 1 heterocycles. The van der Waals surface area contributed by atoms with Crippen LogP contribution in [0.2, 0.25) is 0 Å². The number of rotatable bonds is 6. The number of halogens is 3. The van der Waals surface area contributed by atoms with Crippen LogP contribution in [0.4, 0.5) is 19.0 Å². The standard InChI is InChI=1S/C14H20F3N3/c1-10(2)20(9-14(15,16)17)13-11(4-3-7-18-13)8-19-12-5-6-12/h3-4,7,10,12,19H,5-6,8-9H2,1-2H3. The van der Waals surface area contributed by atoms with Crippen molar-refractivity contribution in [3.05, 3.63) is 23.9 Å². The van der Waals surface area contributed by atoms with Crippen LogP contribution in [0.15, 0.2) is 18.3 Å². The molecule has 1 aromatic heterocycles. The van der Waals surface area contributed by atoms with Gasteiger partial charge in [0.1, 0.15) is 12.4 Å². The highest BCUT2D eigenvalue weighted by Gasteiger charge is 2.33. The molecule has 20 heavy (non-hydrogen) atoms. The van der Waals surface area contributed by atoms with Crippen molar-refractivity contribution in [1.29, 1.82) is 0 Å². The number of alkyl halides is 3. The van der Waals surface area contributed by atoms with Gasteiger partial charge in [-0.2, -0.15) is 13.2 Å². The third-order valence-corrected chi connectivity index (χ3v) is 3.27. The summed E-state index contributed by atoms with van der Waals surface area (Å²) in [7, 11) is 0. The molecule has 1 aromatic rings. The van der Waals surface area contributed by atoms with E-state index in [-0.39, 0.29) is 6.04 Å². The second kappa shape index (κ2) is 5.99. The average Bonchev–Trinajstić information content (AvgIpc) is 3.16. The molecule has 1 aliphatic rings. The lowest BCUT2D eigenvalue weighted by molar-refractivity contribution is -0.120. The van der Waals surface area contributed by atoms with Gasteiger partial charge in [-0.15, -0.1) is 0 Å². The molecule has 0 saturated heterocycles. The Morgan fingerprint density at radius 1 is 1.40 bits per heavy atom. The van der Waals surface area contributed by atoms with E-state index in [1.165, 1.54) is 4.90 Å². The summed E-state index contributed by atoms with van der Waals surface area (Å²) in [6.45, 7) is 3.09. The molecule has 1 saturated carbocycles. The average molecular weight is 287 g/mol. The zero-order valence-corrected chi connectivity index (χ0v) is 11.7. The van der Waals surface area contributed by atoms with Crippen LogP contribution in [0.3, 0.4) is 0 Å². The lowest BCUT2D eigenvalue weighted by Gasteiger charge is -2.30. The highest BCUT2D eigenvalue weighted by molar-refractivity contribution is 5.47. The van der Waals surface area contributed by atoms with Crippen molar-refractivity contribution < 1.29 is 13.2 Å². The highest BCUT2D eigenvalue weighted by atomic mass is 19.4. The molecule has 0 spiro atoms. The maximum Gasteiger partial charge on any atom is 0.405 e. The molecule has 6 heteroatoms. The van der Waals surface area contributed by atoms with Gasteiger partial charge in [0.25, 0.3) is 0 Å². The summed E-state index contributed by atoms with van der Waals surface area (Å²) in [4.78, 5) is 5.48. The predicted octanol–water partition coefficient (Wildman–Crippen LogP) is 3.11. The van der Waals surface area contributed by atoms with Crippen molar-refractivity contribution in [2.75, 3.05) is 11.4 Å². The monoisotopic (exact) mass is 287 g/mol. The molecule has 2 rings (SSSR count). The van der Waals surface area contributed by atoms with Gasteiger partial charge in [0.15, 0.2) is 0 Å². The van der Waals surface area contributed by atoms with E-state index in [9.17, 15) is 13.2 Å². The van der Waals surface area contributed by atoms with Crippen LogP contribution < -0.4 is 10.2 Å². The first kappa shape index (κ1) is 15.1. The summed E-state index contributed by atoms with van der Waals surface area (Å²) in [5.41, 5.74) is 0.817. The molecular formula is C14H20F3N3. The third-order valence-electron chi connectivity index (χ3n) is 3.27. The van der Waals surface area contributed by atoms with Gasteiger partial charge in [0.2, 0.25) is 0 Å². The maximum absolute atomic E-state index is 12.7. The van der Waals surface area contributed by atoms with E-state index < -0.39 is 12.7 Å². The summed E-state index contributed by atoms with van der Waals surface area (Å²) in [5, 5.41) is 3.32. The number of pyridine rings is 1. The Balaban J connectivity index is 2.17. The number of anilines is 1. The summed E-state index contributed by atoms with van der Waals surface area (Å²) in [6, 6.07) is 3.85. The number of hydrogen-bond acceptors (Lipinski definition) is 3. The van der Waals surface area contributed by atoms with E-state index in [4.69, 9.17) is 0 Å². The lowest BCUT2D eigenvalue weighted by Crippen LogP contribution is -2.40. The number of nitrogens with one attached hydrogen (secondary N) is 1. The van der Waals surface area contributed by atoms with Crippen molar-refractivity contribution in [2.24, 2.45) is 0 Å². The second-order valence-electron chi connectivity index (χ2n) is 5.48. The van der Waals surface area contributed by atoms with Gasteiger partial charge < -0.3 is 10.2 Å². The van der Waals surface area contributed by atoms with Gasteiger partial charge >= 0.3 is 6.18 Å².